The number of hydrogen-bond acceptors (Lipinski definition) is 3. The Labute approximate surface area is 196 Å². The molecular formula is C28H34N2O3. The first-order chi connectivity index (χ1) is 16.0. The minimum atomic E-state index is -0.358. The molecule has 33 heavy (non-hydrogen) atoms. The van der Waals surface area contributed by atoms with Gasteiger partial charge in [0.05, 0.1) is 23.7 Å². The highest BCUT2D eigenvalue weighted by molar-refractivity contribution is 5.92. The molecule has 2 aliphatic heterocycles. The Balaban J connectivity index is 1.27. The molecule has 2 saturated heterocycles. The van der Waals surface area contributed by atoms with E-state index in [0.717, 1.165) is 63.7 Å². The monoisotopic (exact) mass is 446 g/mol. The van der Waals surface area contributed by atoms with E-state index >= 15 is 0 Å². The number of likely N-dealkylation sites (tertiary alicyclic amines) is 1. The molecule has 5 heteroatoms. The van der Waals surface area contributed by atoms with E-state index < -0.39 is 0 Å². The Kier molecular flexibility index (Phi) is 6.00. The first-order valence-corrected chi connectivity index (χ1v) is 12.4. The molecule has 2 amide bonds. The Morgan fingerprint density at radius 3 is 2.12 bits per heavy atom. The van der Waals surface area contributed by atoms with Gasteiger partial charge >= 0.3 is 0 Å². The summed E-state index contributed by atoms with van der Waals surface area (Å²) < 4.78 is 6.38. The van der Waals surface area contributed by atoms with E-state index in [1.54, 1.807) is 6.92 Å². The molecule has 2 heterocycles. The highest BCUT2D eigenvalue weighted by atomic mass is 16.5. The minimum Gasteiger partial charge on any atom is -0.373 e. The third-order valence-corrected chi connectivity index (χ3v) is 8.08. The van der Waals surface area contributed by atoms with Crippen LogP contribution in [-0.4, -0.2) is 48.1 Å². The van der Waals surface area contributed by atoms with Gasteiger partial charge in [0.25, 0.3) is 0 Å². The summed E-state index contributed by atoms with van der Waals surface area (Å²) in [4.78, 5) is 30.3. The first kappa shape index (κ1) is 22.1. The zero-order valence-electron chi connectivity index (χ0n) is 19.5. The Bertz CT molecular complexity index is 977. The number of para-hydroxylation sites is 1. The molecule has 174 valence electrons. The zero-order chi connectivity index (χ0) is 22.9. The fourth-order valence-electron chi connectivity index (χ4n) is 6.35. The molecular weight excluding hydrogens is 412 g/mol. The lowest BCUT2D eigenvalue weighted by molar-refractivity contribution is -0.142. The number of rotatable bonds is 4. The maximum Gasteiger partial charge on any atom is 0.233 e. The van der Waals surface area contributed by atoms with E-state index in [-0.39, 0.29) is 23.0 Å². The molecule has 1 unspecified atom stereocenters. The average Bonchev–Trinajstić information content (AvgIpc) is 3.49. The topological polar surface area (TPSA) is 49.9 Å². The minimum absolute atomic E-state index is 0.0395. The Hall–Kier alpha value is -2.66. The SMILES string of the molecule is CC(=O)N(c1ccccc1)C1COC2(CCN(C(=O)C3(c4ccccc4)CCCC3)CC2)C1. The third-order valence-electron chi connectivity index (χ3n) is 8.08. The van der Waals surface area contributed by atoms with Gasteiger partial charge in [-0.3, -0.25) is 9.59 Å². The molecule has 1 atom stereocenters. The largest absolute Gasteiger partial charge is 0.373 e. The molecule has 0 aromatic heterocycles. The molecule has 1 spiro atoms. The van der Waals surface area contributed by atoms with Crippen LogP contribution in [0, 0.1) is 0 Å². The second kappa shape index (κ2) is 8.94. The van der Waals surface area contributed by atoms with Gasteiger partial charge in [0.1, 0.15) is 0 Å². The molecule has 3 fully saturated rings. The van der Waals surface area contributed by atoms with Gasteiger partial charge in [-0.25, -0.2) is 0 Å². The first-order valence-electron chi connectivity index (χ1n) is 12.4. The number of amides is 2. The highest BCUT2D eigenvalue weighted by Gasteiger charge is 2.49. The summed E-state index contributed by atoms with van der Waals surface area (Å²) in [6.07, 6.45) is 6.61. The van der Waals surface area contributed by atoms with Crippen molar-refractivity contribution in [2.75, 3.05) is 24.6 Å². The van der Waals surface area contributed by atoms with Crippen molar-refractivity contribution in [1.82, 2.24) is 4.90 Å². The number of carbonyl (C=O) groups is 2. The molecule has 3 aliphatic rings. The van der Waals surface area contributed by atoms with Crippen molar-refractivity contribution < 1.29 is 14.3 Å². The lowest BCUT2D eigenvalue weighted by Crippen LogP contribution is -2.52. The molecule has 0 radical (unpaired) electrons. The third kappa shape index (κ3) is 4.08. The van der Waals surface area contributed by atoms with Crippen LogP contribution < -0.4 is 4.90 Å². The predicted molar refractivity (Wildman–Crippen MR) is 129 cm³/mol. The smallest absolute Gasteiger partial charge is 0.233 e. The van der Waals surface area contributed by atoms with E-state index in [1.165, 1.54) is 5.56 Å². The molecule has 2 aromatic carbocycles. The Morgan fingerprint density at radius 1 is 0.909 bits per heavy atom. The van der Waals surface area contributed by atoms with Gasteiger partial charge in [0.2, 0.25) is 11.8 Å². The van der Waals surface area contributed by atoms with Crippen molar-refractivity contribution >= 4 is 17.5 Å². The van der Waals surface area contributed by atoms with Crippen LogP contribution in [0.5, 0.6) is 0 Å². The molecule has 0 N–H and O–H groups in total. The van der Waals surface area contributed by atoms with Crippen LogP contribution in [0.25, 0.3) is 0 Å². The summed E-state index contributed by atoms with van der Waals surface area (Å²) in [5.74, 6) is 0.343. The van der Waals surface area contributed by atoms with Crippen LogP contribution in [0.15, 0.2) is 60.7 Å². The number of ether oxygens (including phenoxy) is 1. The van der Waals surface area contributed by atoms with Crippen molar-refractivity contribution in [3.8, 4) is 0 Å². The van der Waals surface area contributed by atoms with Crippen LogP contribution in [0.3, 0.4) is 0 Å². The van der Waals surface area contributed by atoms with Crippen molar-refractivity contribution in [2.24, 2.45) is 0 Å². The predicted octanol–water partition coefficient (Wildman–Crippen LogP) is 4.70. The van der Waals surface area contributed by atoms with Gasteiger partial charge in [-0.2, -0.15) is 0 Å². The van der Waals surface area contributed by atoms with Crippen LogP contribution >= 0.6 is 0 Å². The highest BCUT2D eigenvalue weighted by Crippen LogP contribution is 2.45. The number of carbonyl (C=O) groups excluding carboxylic acids is 2. The fraction of sp³-hybridized carbons (Fsp3) is 0.500. The summed E-state index contributed by atoms with van der Waals surface area (Å²) in [5, 5.41) is 0. The summed E-state index contributed by atoms with van der Waals surface area (Å²) in [7, 11) is 0. The number of nitrogens with zero attached hydrogens (tertiary/aromatic N) is 2. The lowest BCUT2D eigenvalue weighted by Gasteiger charge is -2.42. The molecule has 5 nitrogen and oxygen atoms in total. The van der Waals surface area contributed by atoms with Crippen molar-refractivity contribution in [2.45, 2.75) is 68.9 Å². The normalized spacial score (nSPS) is 23.5. The summed E-state index contributed by atoms with van der Waals surface area (Å²) in [5.41, 5.74) is 1.50. The molecule has 0 bridgehead atoms. The number of benzene rings is 2. The van der Waals surface area contributed by atoms with Gasteiger partial charge in [0, 0.05) is 25.7 Å². The van der Waals surface area contributed by atoms with E-state index in [1.807, 2.05) is 53.4 Å². The summed E-state index contributed by atoms with van der Waals surface area (Å²) >= 11 is 0. The molecule has 1 saturated carbocycles. The van der Waals surface area contributed by atoms with Crippen LogP contribution in [0.1, 0.15) is 57.4 Å². The Morgan fingerprint density at radius 2 is 1.52 bits per heavy atom. The van der Waals surface area contributed by atoms with E-state index in [0.29, 0.717) is 12.5 Å². The standard InChI is InChI=1S/C28H34N2O3/c1-22(31)30(24-12-6-3-7-13-24)25-20-27(33-21-25)16-18-29(19-17-27)26(32)28(14-8-9-15-28)23-10-4-2-5-11-23/h2-7,10-13,25H,8-9,14-21H2,1H3. The van der Waals surface area contributed by atoms with Gasteiger partial charge in [-0.05, 0) is 49.8 Å². The van der Waals surface area contributed by atoms with Crippen molar-refractivity contribution in [1.29, 1.82) is 0 Å². The maximum atomic E-state index is 13.8. The van der Waals surface area contributed by atoms with Gasteiger partial charge < -0.3 is 14.5 Å². The van der Waals surface area contributed by atoms with Gasteiger partial charge in [-0.15, -0.1) is 0 Å². The van der Waals surface area contributed by atoms with Crippen molar-refractivity contribution in [3.05, 3.63) is 66.2 Å². The van der Waals surface area contributed by atoms with Gasteiger partial charge in [0.15, 0.2) is 0 Å². The quantitative estimate of drug-likeness (QED) is 0.684. The zero-order valence-corrected chi connectivity index (χ0v) is 19.5. The fourth-order valence-corrected chi connectivity index (χ4v) is 6.35. The second-order valence-corrected chi connectivity index (χ2v) is 10.0. The average molecular weight is 447 g/mol. The van der Waals surface area contributed by atoms with E-state index in [4.69, 9.17) is 4.74 Å². The second-order valence-electron chi connectivity index (χ2n) is 10.0. The number of anilines is 1. The van der Waals surface area contributed by atoms with Crippen LogP contribution in [0.4, 0.5) is 5.69 Å². The van der Waals surface area contributed by atoms with E-state index in [9.17, 15) is 9.59 Å². The molecule has 1 aliphatic carbocycles. The lowest BCUT2D eigenvalue weighted by atomic mass is 9.76. The van der Waals surface area contributed by atoms with E-state index in [2.05, 4.69) is 17.0 Å². The molecule has 2 aromatic rings. The summed E-state index contributed by atoms with van der Waals surface area (Å²) in [6, 6.07) is 20.3. The molecule has 5 rings (SSSR count). The van der Waals surface area contributed by atoms with Crippen molar-refractivity contribution in [3.63, 3.8) is 0 Å². The van der Waals surface area contributed by atoms with Crippen LogP contribution in [0.2, 0.25) is 0 Å². The maximum absolute atomic E-state index is 13.8. The number of hydrogen-bond donors (Lipinski definition) is 0. The number of piperidine rings is 1. The van der Waals surface area contributed by atoms with Crippen LogP contribution in [-0.2, 0) is 19.7 Å². The summed E-state index contributed by atoms with van der Waals surface area (Å²) in [6.45, 7) is 3.64. The van der Waals surface area contributed by atoms with Gasteiger partial charge in [-0.1, -0.05) is 61.4 Å².